The lowest BCUT2D eigenvalue weighted by atomic mass is 10.1. The van der Waals surface area contributed by atoms with Crippen LogP contribution in [0.4, 0.5) is 0 Å². The molecule has 5 nitrogen and oxygen atoms in total. The third kappa shape index (κ3) is 4.81. The normalized spacial score (nSPS) is 13.2. The summed E-state index contributed by atoms with van der Waals surface area (Å²) in [7, 11) is -2.04. The van der Waals surface area contributed by atoms with Crippen molar-refractivity contribution in [1.82, 2.24) is 4.72 Å². The van der Waals surface area contributed by atoms with Crippen LogP contribution >= 0.6 is 0 Å². The van der Waals surface area contributed by atoms with E-state index in [-0.39, 0.29) is 10.9 Å². The van der Waals surface area contributed by atoms with Gasteiger partial charge in [0.2, 0.25) is 10.0 Å². The molecule has 0 aliphatic rings. The van der Waals surface area contributed by atoms with Gasteiger partial charge in [-0.15, -0.1) is 0 Å². The molecular formula is C13H22N2O3S. The zero-order valence-electron chi connectivity index (χ0n) is 11.4. The molecule has 6 heteroatoms. The van der Waals surface area contributed by atoms with Crippen LogP contribution in [0.5, 0.6) is 5.75 Å². The number of methoxy groups -OCH3 is 1. The van der Waals surface area contributed by atoms with Crippen molar-refractivity contribution >= 4 is 10.0 Å². The predicted molar refractivity (Wildman–Crippen MR) is 75.7 cm³/mol. The fraction of sp³-hybridized carbons (Fsp3) is 0.538. The Hall–Kier alpha value is -1.11. The molecule has 0 aliphatic carbocycles. The first kappa shape index (κ1) is 15.9. The van der Waals surface area contributed by atoms with Crippen LogP contribution in [0.25, 0.3) is 0 Å². The van der Waals surface area contributed by atoms with Crippen LogP contribution in [0.15, 0.2) is 29.2 Å². The second-order valence-electron chi connectivity index (χ2n) is 4.38. The minimum absolute atomic E-state index is 0.196. The zero-order valence-corrected chi connectivity index (χ0v) is 12.2. The first-order chi connectivity index (χ1) is 9.03. The summed E-state index contributed by atoms with van der Waals surface area (Å²) >= 11 is 0. The van der Waals surface area contributed by atoms with Gasteiger partial charge in [-0.1, -0.05) is 25.8 Å². The van der Waals surface area contributed by atoms with E-state index in [0.29, 0.717) is 12.3 Å². The number of ether oxygens (including phenoxy) is 1. The van der Waals surface area contributed by atoms with Crippen LogP contribution in [-0.2, 0) is 10.0 Å². The van der Waals surface area contributed by atoms with Gasteiger partial charge in [0.1, 0.15) is 5.75 Å². The number of nitrogens with two attached hydrogens (primary N) is 1. The minimum atomic E-state index is -3.54. The Morgan fingerprint density at radius 3 is 2.74 bits per heavy atom. The second kappa shape index (κ2) is 7.47. The summed E-state index contributed by atoms with van der Waals surface area (Å²) in [6.07, 6.45) is 2.70. The lowest BCUT2D eigenvalue weighted by molar-refractivity contribution is 0.413. The van der Waals surface area contributed by atoms with E-state index in [1.165, 1.54) is 19.2 Å². The fourth-order valence-corrected chi connectivity index (χ4v) is 3.05. The first-order valence-electron chi connectivity index (χ1n) is 6.40. The van der Waals surface area contributed by atoms with E-state index in [4.69, 9.17) is 10.5 Å². The van der Waals surface area contributed by atoms with Crippen LogP contribution < -0.4 is 15.2 Å². The van der Waals surface area contributed by atoms with Crippen molar-refractivity contribution in [3.8, 4) is 5.75 Å². The standard InChI is InChI=1S/C13H22N2O3S/c1-3-4-6-11(10-14)15-19(16,17)13-8-5-7-12(9-13)18-2/h5,7-9,11,15H,3-4,6,10,14H2,1-2H3. The quantitative estimate of drug-likeness (QED) is 0.758. The molecule has 1 aromatic carbocycles. The molecule has 19 heavy (non-hydrogen) atoms. The molecule has 0 saturated heterocycles. The highest BCUT2D eigenvalue weighted by atomic mass is 32.2. The maximum absolute atomic E-state index is 12.2. The van der Waals surface area contributed by atoms with E-state index in [1.807, 2.05) is 0 Å². The highest BCUT2D eigenvalue weighted by Gasteiger charge is 2.19. The van der Waals surface area contributed by atoms with Gasteiger partial charge in [0.25, 0.3) is 0 Å². The van der Waals surface area contributed by atoms with E-state index in [2.05, 4.69) is 11.6 Å². The predicted octanol–water partition coefficient (Wildman–Crippen LogP) is 1.49. The molecule has 1 rings (SSSR count). The van der Waals surface area contributed by atoms with Gasteiger partial charge < -0.3 is 10.5 Å². The molecule has 3 N–H and O–H groups in total. The molecule has 0 radical (unpaired) electrons. The molecule has 0 heterocycles. The Bertz CT molecular complexity index is 488. The third-order valence-corrected chi connectivity index (χ3v) is 4.38. The van der Waals surface area contributed by atoms with Gasteiger partial charge in [-0.05, 0) is 18.6 Å². The summed E-state index contributed by atoms with van der Waals surface area (Å²) < 4.78 is 32.1. The molecule has 1 atom stereocenters. The molecule has 1 aromatic rings. The highest BCUT2D eigenvalue weighted by Crippen LogP contribution is 2.17. The van der Waals surface area contributed by atoms with Crippen molar-refractivity contribution in [2.24, 2.45) is 5.73 Å². The van der Waals surface area contributed by atoms with Crippen LogP contribution in [0.3, 0.4) is 0 Å². The highest BCUT2D eigenvalue weighted by molar-refractivity contribution is 7.89. The second-order valence-corrected chi connectivity index (χ2v) is 6.09. The van der Waals surface area contributed by atoms with E-state index in [9.17, 15) is 8.42 Å². The molecule has 0 bridgehead atoms. The zero-order chi connectivity index (χ0) is 14.3. The van der Waals surface area contributed by atoms with E-state index < -0.39 is 10.0 Å². The number of nitrogens with one attached hydrogen (secondary N) is 1. The van der Waals surface area contributed by atoms with Crippen LogP contribution in [0.2, 0.25) is 0 Å². The van der Waals surface area contributed by atoms with Crippen molar-refractivity contribution in [2.75, 3.05) is 13.7 Å². The molecule has 108 valence electrons. The van der Waals surface area contributed by atoms with Crippen molar-refractivity contribution in [2.45, 2.75) is 37.1 Å². The average Bonchev–Trinajstić information content (AvgIpc) is 2.43. The Morgan fingerprint density at radius 1 is 1.42 bits per heavy atom. The largest absolute Gasteiger partial charge is 0.497 e. The van der Waals surface area contributed by atoms with Crippen LogP contribution in [0.1, 0.15) is 26.2 Å². The number of rotatable bonds is 8. The summed E-state index contributed by atoms with van der Waals surface area (Å²) in [5.74, 6) is 0.515. The lowest BCUT2D eigenvalue weighted by Gasteiger charge is -2.16. The molecule has 0 aromatic heterocycles. The maximum atomic E-state index is 12.2. The Morgan fingerprint density at radius 2 is 2.16 bits per heavy atom. The van der Waals surface area contributed by atoms with Gasteiger partial charge in [-0.25, -0.2) is 13.1 Å². The SMILES string of the molecule is CCCCC(CN)NS(=O)(=O)c1cccc(OC)c1. The monoisotopic (exact) mass is 286 g/mol. The van der Waals surface area contributed by atoms with Gasteiger partial charge in [0.15, 0.2) is 0 Å². The Balaban J connectivity index is 2.84. The summed E-state index contributed by atoms with van der Waals surface area (Å²) in [6, 6.07) is 6.16. The third-order valence-electron chi connectivity index (χ3n) is 2.86. The van der Waals surface area contributed by atoms with Crippen molar-refractivity contribution < 1.29 is 13.2 Å². The topological polar surface area (TPSA) is 81.4 Å². The van der Waals surface area contributed by atoms with Gasteiger partial charge in [-0.2, -0.15) is 0 Å². The van der Waals surface area contributed by atoms with Crippen molar-refractivity contribution in [1.29, 1.82) is 0 Å². The molecule has 0 fully saturated rings. The average molecular weight is 286 g/mol. The van der Waals surface area contributed by atoms with Gasteiger partial charge in [-0.3, -0.25) is 0 Å². The van der Waals surface area contributed by atoms with Crippen LogP contribution in [0, 0.1) is 0 Å². The van der Waals surface area contributed by atoms with Crippen LogP contribution in [-0.4, -0.2) is 28.1 Å². The van der Waals surface area contributed by atoms with E-state index in [1.54, 1.807) is 12.1 Å². The van der Waals surface area contributed by atoms with E-state index in [0.717, 1.165) is 19.3 Å². The fourth-order valence-electron chi connectivity index (χ4n) is 1.73. The van der Waals surface area contributed by atoms with Crippen molar-refractivity contribution in [3.05, 3.63) is 24.3 Å². The number of sulfonamides is 1. The summed E-state index contributed by atoms with van der Waals surface area (Å²) in [4.78, 5) is 0.196. The summed E-state index contributed by atoms with van der Waals surface area (Å²) in [5, 5.41) is 0. The van der Waals surface area contributed by atoms with E-state index >= 15 is 0 Å². The van der Waals surface area contributed by atoms with Crippen molar-refractivity contribution in [3.63, 3.8) is 0 Å². The number of hydrogen-bond acceptors (Lipinski definition) is 4. The minimum Gasteiger partial charge on any atom is -0.497 e. The molecule has 0 saturated carbocycles. The molecule has 0 amide bonds. The number of benzene rings is 1. The van der Waals surface area contributed by atoms with Gasteiger partial charge in [0, 0.05) is 18.7 Å². The maximum Gasteiger partial charge on any atom is 0.240 e. The van der Waals surface area contributed by atoms with Gasteiger partial charge >= 0.3 is 0 Å². The molecule has 1 unspecified atom stereocenters. The van der Waals surface area contributed by atoms with Gasteiger partial charge in [0.05, 0.1) is 12.0 Å². The lowest BCUT2D eigenvalue weighted by Crippen LogP contribution is -2.40. The number of hydrogen-bond donors (Lipinski definition) is 2. The Kier molecular flexibility index (Phi) is 6.27. The molecule has 0 aliphatic heterocycles. The summed E-state index contributed by atoms with van der Waals surface area (Å²) in [5.41, 5.74) is 5.60. The summed E-state index contributed by atoms with van der Waals surface area (Å²) in [6.45, 7) is 2.35. The molecule has 0 spiro atoms. The first-order valence-corrected chi connectivity index (χ1v) is 7.88. The molecular weight excluding hydrogens is 264 g/mol. The number of unbranched alkanes of at least 4 members (excludes halogenated alkanes) is 1. The Labute approximate surface area is 115 Å². The smallest absolute Gasteiger partial charge is 0.240 e.